The molecule has 0 aliphatic carbocycles. The number of nitrogens with one attached hydrogen (secondary N) is 1. The van der Waals surface area contributed by atoms with E-state index in [2.05, 4.69) is 70.5 Å². The zero-order valence-electron chi connectivity index (χ0n) is 18.7. The number of halogens is 1. The summed E-state index contributed by atoms with van der Waals surface area (Å²) in [4.78, 5) is 0. The second-order valence-corrected chi connectivity index (χ2v) is 9.67. The predicted octanol–water partition coefficient (Wildman–Crippen LogP) is 6.65. The number of benzene rings is 3. The topological polar surface area (TPSA) is 61.2 Å². The van der Waals surface area contributed by atoms with Crippen LogP contribution in [0.2, 0.25) is 0 Å². The van der Waals surface area contributed by atoms with Crippen molar-refractivity contribution in [3.63, 3.8) is 0 Å². The van der Waals surface area contributed by atoms with Gasteiger partial charge in [-0.2, -0.15) is 0 Å². The van der Waals surface area contributed by atoms with Crippen molar-refractivity contribution in [1.82, 2.24) is 15.0 Å². The molecule has 0 saturated heterocycles. The average molecular weight is 495 g/mol. The molecule has 3 aromatic carbocycles. The summed E-state index contributed by atoms with van der Waals surface area (Å²) >= 11 is 3.71. The van der Waals surface area contributed by atoms with E-state index in [1.165, 1.54) is 0 Å². The van der Waals surface area contributed by atoms with Crippen LogP contribution in [0.5, 0.6) is 17.2 Å². The van der Waals surface area contributed by atoms with Crippen LogP contribution in [-0.2, 0) is 13.1 Å². The number of aromatic nitrogens is 3. The zero-order chi connectivity index (χ0) is 22.7. The van der Waals surface area contributed by atoms with Gasteiger partial charge in [-0.1, -0.05) is 38.1 Å². The first kappa shape index (κ1) is 22.1. The fraction of sp³-hybridized carbons (Fsp3) is 0.280. The van der Waals surface area contributed by atoms with E-state index in [0.29, 0.717) is 6.54 Å². The van der Waals surface area contributed by atoms with Gasteiger partial charge >= 0.3 is 0 Å². The van der Waals surface area contributed by atoms with Crippen LogP contribution < -0.4 is 14.8 Å². The van der Waals surface area contributed by atoms with Crippen LogP contribution in [0, 0.1) is 5.41 Å². The molecule has 0 fully saturated rings. The van der Waals surface area contributed by atoms with Crippen molar-refractivity contribution in [1.29, 1.82) is 0 Å². The van der Waals surface area contributed by atoms with E-state index in [1.807, 2.05) is 47.1 Å². The van der Waals surface area contributed by atoms with Crippen LogP contribution in [0.4, 0.5) is 5.69 Å². The molecule has 32 heavy (non-hydrogen) atoms. The first-order chi connectivity index (χ1) is 15.3. The van der Waals surface area contributed by atoms with Gasteiger partial charge in [-0.25, -0.2) is 4.68 Å². The lowest BCUT2D eigenvalue weighted by molar-refractivity contribution is 0.327. The molecule has 0 aliphatic rings. The minimum Gasteiger partial charge on any atom is -0.497 e. The zero-order valence-corrected chi connectivity index (χ0v) is 20.3. The summed E-state index contributed by atoms with van der Waals surface area (Å²) in [6.07, 6.45) is 0. The van der Waals surface area contributed by atoms with Crippen molar-refractivity contribution in [3.8, 4) is 17.2 Å². The molecule has 0 spiro atoms. The Kier molecular flexibility index (Phi) is 6.37. The van der Waals surface area contributed by atoms with E-state index >= 15 is 0 Å². The fourth-order valence-electron chi connectivity index (χ4n) is 3.40. The Hall–Kier alpha value is -3.06. The van der Waals surface area contributed by atoms with Crippen molar-refractivity contribution in [2.24, 2.45) is 5.41 Å². The molecular weight excluding hydrogens is 468 g/mol. The number of methoxy groups -OCH3 is 1. The molecule has 0 saturated carbocycles. The van der Waals surface area contributed by atoms with Gasteiger partial charge in [-0.05, 0) is 75.4 Å². The maximum absolute atomic E-state index is 5.98. The normalized spacial score (nSPS) is 11.5. The van der Waals surface area contributed by atoms with E-state index in [0.717, 1.165) is 50.6 Å². The molecule has 6 nitrogen and oxygen atoms in total. The highest BCUT2D eigenvalue weighted by Gasteiger charge is 2.17. The molecule has 4 rings (SSSR count). The van der Waals surface area contributed by atoms with Gasteiger partial charge in [0.2, 0.25) is 0 Å². The molecule has 7 heteroatoms. The second kappa shape index (κ2) is 9.20. The third kappa shape index (κ3) is 5.22. The average Bonchev–Trinajstić information content (AvgIpc) is 3.16. The Morgan fingerprint density at radius 2 is 1.72 bits per heavy atom. The van der Waals surface area contributed by atoms with E-state index < -0.39 is 0 Å². The van der Waals surface area contributed by atoms with E-state index in [4.69, 9.17) is 9.47 Å². The SMILES string of the molecule is COc1ccc(Oc2cccc(CNc3ccc4c(nnn4CC(C)(C)C)c3Br)c2)cc1. The van der Waals surface area contributed by atoms with Crippen LogP contribution in [-0.4, -0.2) is 22.1 Å². The monoisotopic (exact) mass is 494 g/mol. The van der Waals surface area contributed by atoms with Crippen molar-refractivity contribution < 1.29 is 9.47 Å². The Morgan fingerprint density at radius 1 is 0.969 bits per heavy atom. The highest BCUT2D eigenvalue weighted by Crippen LogP contribution is 2.32. The van der Waals surface area contributed by atoms with Crippen LogP contribution in [0.15, 0.2) is 65.1 Å². The number of hydrogen-bond acceptors (Lipinski definition) is 5. The molecule has 1 aromatic heterocycles. The Balaban J connectivity index is 1.46. The van der Waals surface area contributed by atoms with Crippen LogP contribution in [0.25, 0.3) is 11.0 Å². The fourth-order valence-corrected chi connectivity index (χ4v) is 3.96. The smallest absolute Gasteiger partial charge is 0.129 e. The summed E-state index contributed by atoms with van der Waals surface area (Å²) in [6, 6.07) is 19.7. The molecular formula is C25H27BrN4O2. The van der Waals surface area contributed by atoms with E-state index in [9.17, 15) is 0 Å². The largest absolute Gasteiger partial charge is 0.497 e. The Morgan fingerprint density at radius 3 is 2.44 bits per heavy atom. The standard InChI is InChI=1S/C25H27BrN4O2/c1-25(2,3)16-30-22-13-12-21(23(26)24(22)28-29-30)27-15-17-6-5-7-20(14-17)32-19-10-8-18(31-4)9-11-19/h5-14,27H,15-16H2,1-4H3. The summed E-state index contributed by atoms with van der Waals surface area (Å²) in [5.41, 5.74) is 4.09. The van der Waals surface area contributed by atoms with Gasteiger partial charge in [0.1, 0.15) is 22.8 Å². The minimum absolute atomic E-state index is 0.128. The summed E-state index contributed by atoms with van der Waals surface area (Å²) in [5, 5.41) is 12.2. The van der Waals surface area contributed by atoms with Crippen molar-refractivity contribution in [2.75, 3.05) is 12.4 Å². The molecule has 0 unspecified atom stereocenters. The predicted molar refractivity (Wildman–Crippen MR) is 132 cm³/mol. The molecule has 1 N–H and O–H groups in total. The molecule has 0 bridgehead atoms. The lowest BCUT2D eigenvalue weighted by Gasteiger charge is -2.18. The van der Waals surface area contributed by atoms with Crippen LogP contribution >= 0.6 is 15.9 Å². The Bertz CT molecular complexity index is 1210. The van der Waals surface area contributed by atoms with Gasteiger partial charge in [0.05, 0.1) is 22.8 Å². The maximum Gasteiger partial charge on any atom is 0.129 e. The number of rotatable bonds is 7. The molecule has 0 aliphatic heterocycles. The third-order valence-corrected chi connectivity index (χ3v) is 5.73. The molecule has 0 radical (unpaired) electrons. The highest BCUT2D eigenvalue weighted by molar-refractivity contribution is 9.10. The summed E-state index contributed by atoms with van der Waals surface area (Å²) in [7, 11) is 1.65. The highest BCUT2D eigenvalue weighted by atomic mass is 79.9. The Labute approximate surface area is 196 Å². The van der Waals surface area contributed by atoms with Gasteiger partial charge < -0.3 is 14.8 Å². The summed E-state index contributed by atoms with van der Waals surface area (Å²) in [5.74, 6) is 2.35. The van der Waals surface area contributed by atoms with Gasteiger partial charge in [-0.3, -0.25) is 0 Å². The van der Waals surface area contributed by atoms with Crippen molar-refractivity contribution in [2.45, 2.75) is 33.9 Å². The van der Waals surface area contributed by atoms with Crippen molar-refractivity contribution >= 4 is 32.7 Å². The van der Waals surface area contributed by atoms with Crippen LogP contribution in [0.1, 0.15) is 26.3 Å². The lowest BCUT2D eigenvalue weighted by atomic mass is 9.97. The van der Waals surface area contributed by atoms with Gasteiger partial charge in [0.15, 0.2) is 0 Å². The second-order valence-electron chi connectivity index (χ2n) is 8.88. The lowest BCUT2D eigenvalue weighted by Crippen LogP contribution is -2.16. The maximum atomic E-state index is 5.98. The van der Waals surface area contributed by atoms with E-state index in [1.54, 1.807) is 7.11 Å². The van der Waals surface area contributed by atoms with Gasteiger partial charge in [0, 0.05) is 13.1 Å². The molecule has 1 heterocycles. The number of anilines is 1. The first-order valence-corrected chi connectivity index (χ1v) is 11.3. The molecule has 0 atom stereocenters. The molecule has 0 amide bonds. The van der Waals surface area contributed by atoms with Crippen molar-refractivity contribution in [3.05, 3.63) is 70.7 Å². The first-order valence-electron chi connectivity index (χ1n) is 10.5. The molecule has 166 valence electrons. The number of fused-ring (bicyclic) bond motifs is 1. The third-order valence-electron chi connectivity index (χ3n) is 4.93. The minimum atomic E-state index is 0.128. The van der Waals surface area contributed by atoms with E-state index in [-0.39, 0.29) is 5.41 Å². The number of ether oxygens (including phenoxy) is 2. The van der Waals surface area contributed by atoms with Gasteiger partial charge in [0.25, 0.3) is 0 Å². The number of nitrogens with zero attached hydrogens (tertiary/aromatic N) is 3. The van der Waals surface area contributed by atoms with Gasteiger partial charge in [-0.15, -0.1) is 5.10 Å². The quantitative estimate of drug-likeness (QED) is 0.311. The summed E-state index contributed by atoms with van der Waals surface area (Å²) in [6.45, 7) is 8.04. The van der Waals surface area contributed by atoms with Crippen LogP contribution in [0.3, 0.4) is 0 Å². The molecule has 4 aromatic rings. The summed E-state index contributed by atoms with van der Waals surface area (Å²) < 4.78 is 14.1. The number of hydrogen-bond donors (Lipinski definition) is 1.